The van der Waals surface area contributed by atoms with Crippen LogP contribution < -0.4 is 10.1 Å². The fourth-order valence-electron chi connectivity index (χ4n) is 2.99. The molecule has 0 saturated carbocycles. The number of para-hydroxylation sites is 2. The number of nitrogens with zero attached hydrogens (tertiary/aromatic N) is 1. The van der Waals surface area contributed by atoms with E-state index in [4.69, 9.17) is 16.3 Å². The summed E-state index contributed by atoms with van der Waals surface area (Å²) < 4.78 is 6.83. The minimum atomic E-state index is -1.08. The van der Waals surface area contributed by atoms with Crippen molar-refractivity contribution >= 4 is 50.2 Å². The van der Waals surface area contributed by atoms with Crippen LogP contribution in [0.4, 0.5) is 5.69 Å². The van der Waals surface area contributed by atoms with Gasteiger partial charge in [0.05, 0.1) is 16.1 Å². The fourth-order valence-corrected chi connectivity index (χ4v) is 3.46. The van der Waals surface area contributed by atoms with Gasteiger partial charge in [-0.05, 0) is 68.4 Å². The maximum absolute atomic E-state index is 12.9. The minimum absolute atomic E-state index is 0.275. The first-order valence-electron chi connectivity index (χ1n) is 9.32. The number of H-pyrrole nitrogens is 1. The molecule has 0 atom stereocenters. The Labute approximate surface area is 187 Å². The van der Waals surface area contributed by atoms with E-state index in [0.717, 1.165) is 15.5 Å². The molecule has 0 radical (unpaired) electrons. The molecule has 0 aliphatic rings. The van der Waals surface area contributed by atoms with Gasteiger partial charge in [0.2, 0.25) is 0 Å². The second-order valence-electron chi connectivity index (χ2n) is 7.32. The average Bonchev–Trinajstić information content (AvgIpc) is 3.15. The normalized spacial score (nSPS) is 11.5. The fraction of sp³-hybridized carbons (Fsp3) is 0.130. The molecule has 0 aliphatic heterocycles. The topological polar surface area (TPSA) is 67.0 Å². The van der Waals surface area contributed by atoms with Crippen molar-refractivity contribution in [1.82, 2.24) is 9.97 Å². The van der Waals surface area contributed by atoms with E-state index in [-0.39, 0.29) is 5.91 Å². The molecule has 0 saturated heterocycles. The highest BCUT2D eigenvalue weighted by Gasteiger charge is 2.30. The quantitative estimate of drug-likeness (QED) is 0.342. The molecule has 4 rings (SSSR count). The van der Waals surface area contributed by atoms with Crippen molar-refractivity contribution in [3.05, 3.63) is 76.2 Å². The predicted octanol–water partition coefficient (Wildman–Crippen LogP) is 6.44. The van der Waals surface area contributed by atoms with Gasteiger partial charge >= 0.3 is 0 Å². The summed E-state index contributed by atoms with van der Waals surface area (Å²) in [4.78, 5) is 20.7. The van der Waals surface area contributed by atoms with Crippen molar-refractivity contribution < 1.29 is 9.53 Å². The van der Waals surface area contributed by atoms with Crippen molar-refractivity contribution in [3.8, 4) is 17.1 Å². The zero-order valence-electron chi connectivity index (χ0n) is 16.4. The van der Waals surface area contributed by atoms with Gasteiger partial charge in [0.25, 0.3) is 5.91 Å². The van der Waals surface area contributed by atoms with Crippen LogP contribution in [0.3, 0.4) is 0 Å². The number of nitrogens with one attached hydrogen (secondary N) is 2. The van der Waals surface area contributed by atoms with Crippen LogP contribution in [0.25, 0.3) is 22.4 Å². The highest BCUT2D eigenvalue weighted by atomic mass is 79.9. The Hall–Kier alpha value is -2.83. The number of aromatic nitrogens is 2. The molecule has 30 heavy (non-hydrogen) atoms. The number of benzene rings is 3. The summed E-state index contributed by atoms with van der Waals surface area (Å²) in [6.07, 6.45) is 0. The molecule has 0 fully saturated rings. The molecule has 7 heteroatoms. The minimum Gasteiger partial charge on any atom is -0.478 e. The van der Waals surface area contributed by atoms with Crippen LogP contribution in [0, 0.1) is 0 Å². The van der Waals surface area contributed by atoms with Crippen LogP contribution in [0.1, 0.15) is 13.8 Å². The number of halogens is 2. The Balaban J connectivity index is 1.56. The van der Waals surface area contributed by atoms with Crippen LogP contribution in [0.5, 0.6) is 5.75 Å². The number of amides is 1. The van der Waals surface area contributed by atoms with Gasteiger partial charge in [-0.2, -0.15) is 0 Å². The third-order valence-electron chi connectivity index (χ3n) is 4.60. The number of imidazole rings is 1. The lowest BCUT2D eigenvalue weighted by Crippen LogP contribution is -2.42. The van der Waals surface area contributed by atoms with Crippen molar-refractivity contribution in [1.29, 1.82) is 0 Å². The zero-order valence-corrected chi connectivity index (χ0v) is 18.7. The zero-order chi connectivity index (χ0) is 21.3. The molecule has 3 aromatic carbocycles. The molecule has 0 bridgehead atoms. The number of hydrogen-bond donors (Lipinski definition) is 2. The summed E-state index contributed by atoms with van der Waals surface area (Å²) in [6.45, 7) is 3.45. The lowest BCUT2D eigenvalue weighted by atomic mass is 10.1. The molecule has 2 N–H and O–H groups in total. The standard InChI is InChI=1S/C23H19BrClN3O2/c1-23(2,30-16-10-7-14(24)8-11-16)22(29)26-15-9-12-18(25)17(13-15)21-27-19-5-3-4-6-20(19)28-21/h3-13H,1-2H3,(H,26,29)(H,27,28). The summed E-state index contributed by atoms with van der Waals surface area (Å²) in [7, 11) is 0. The second-order valence-corrected chi connectivity index (χ2v) is 8.64. The lowest BCUT2D eigenvalue weighted by molar-refractivity contribution is -0.128. The monoisotopic (exact) mass is 483 g/mol. The van der Waals surface area contributed by atoms with Crippen molar-refractivity contribution in [3.63, 3.8) is 0 Å². The van der Waals surface area contributed by atoms with E-state index in [0.29, 0.717) is 27.8 Å². The van der Waals surface area contributed by atoms with Crippen molar-refractivity contribution in [2.24, 2.45) is 0 Å². The highest BCUT2D eigenvalue weighted by Crippen LogP contribution is 2.31. The van der Waals surface area contributed by atoms with Crippen molar-refractivity contribution in [2.45, 2.75) is 19.4 Å². The molecule has 1 aromatic heterocycles. The lowest BCUT2D eigenvalue weighted by Gasteiger charge is -2.25. The van der Waals surface area contributed by atoms with Crippen LogP contribution in [0.15, 0.2) is 71.2 Å². The molecule has 1 heterocycles. The van der Waals surface area contributed by atoms with Gasteiger partial charge in [-0.15, -0.1) is 0 Å². The average molecular weight is 485 g/mol. The summed E-state index contributed by atoms with van der Waals surface area (Å²) in [5, 5.41) is 3.45. The summed E-state index contributed by atoms with van der Waals surface area (Å²) in [6, 6.07) is 20.4. The molecule has 152 valence electrons. The Bertz CT molecular complexity index is 1190. The molecule has 0 unspecified atom stereocenters. The van der Waals surface area contributed by atoms with E-state index in [1.807, 2.05) is 36.4 Å². The van der Waals surface area contributed by atoms with Crippen molar-refractivity contribution in [2.75, 3.05) is 5.32 Å². The van der Waals surface area contributed by atoms with E-state index >= 15 is 0 Å². The number of carbonyl (C=O) groups excluding carboxylic acids is 1. The Kier molecular flexibility index (Phi) is 5.54. The molecule has 5 nitrogen and oxygen atoms in total. The third-order valence-corrected chi connectivity index (χ3v) is 5.46. The Morgan fingerprint density at radius 3 is 2.57 bits per heavy atom. The summed E-state index contributed by atoms with van der Waals surface area (Å²) >= 11 is 9.79. The second kappa shape index (κ2) is 8.13. The molecule has 1 amide bonds. The molecular weight excluding hydrogens is 466 g/mol. The maximum Gasteiger partial charge on any atom is 0.267 e. The molecule has 0 spiro atoms. The van der Waals surface area contributed by atoms with Crippen LogP contribution in [-0.2, 0) is 4.79 Å². The third kappa shape index (κ3) is 4.35. The van der Waals surface area contributed by atoms with Crippen LogP contribution in [0.2, 0.25) is 5.02 Å². The number of fused-ring (bicyclic) bond motifs is 1. The van der Waals surface area contributed by atoms with Gasteiger partial charge in [0.1, 0.15) is 11.6 Å². The van der Waals surface area contributed by atoms with Crippen LogP contribution >= 0.6 is 27.5 Å². The predicted molar refractivity (Wildman–Crippen MR) is 124 cm³/mol. The maximum atomic E-state index is 12.9. The van der Waals surface area contributed by atoms with Crippen LogP contribution in [-0.4, -0.2) is 21.5 Å². The molecule has 4 aromatic rings. The Morgan fingerprint density at radius 2 is 1.83 bits per heavy atom. The summed E-state index contributed by atoms with van der Waals surface area (Å²) in [5.74, 6) is 0.975. The highest BCUT2D eigenvalue weighted by molar-refractivity contribution is 9.10. The van der Waals surface area contributed by atoms with E-state index in [1.165, 1.54) is 0 Å². The van der Waals surface area contributed by atoms with Gasteiger partial charge < -0.3 is 15.0 Å². The van der Waals surface area contributed by atoms with Gasteiger partial charge in [-0.3, -0.25) is 4.79 Å². The SMILES string of the molecule is CC(C)(Oc1ccc(Br)cc1)C(=O)Nc1ccc(Cl)c(-c2nc3ccccc3[nH]2)c1. The molecular formula is C23H19BrClN3O2. The van der Waals surface area contributed by atoms with E-state index in [9.17, 15) is 4.79 Å². The number of rotatable bonds is 5. The first-order chi connectivity index (χ1) is 14.3. The van der Waals surface area contributed by atoms with Gasteiger partial charge in [0, 0.05) is 15.7 Å². The molecule has 0 aliphatic carbocycles. The van der Waals surface area contributed by atoms with E-state index in [1.54, 1.807) is 44.2 Å². The Morgan fingerprint density at radius 1 is 1.10 bits per heavy atom. The van der Waals surface area contributed by atoms with Gasteiger partial charge in [-0.1, -0.05) is 39.7 Å². The number of ether oxygens (including phenoxy) is 1. The first kappa shape index (κ1) is 20.4. The smallest absolute Gasteiger partial charge is 0.267 e. The van der Waals surface area contributed by atoms with Gasteiger partial charge in [-0.25, -0.2) is 4.98 Å². The number of aromatic amines is 1. The first-order valence-corrected chi connectivity index (χ1v) is 10.5. The largest absolute Gasteiger partial charge is 0.478 e. The summed E-state index contributed by atoms with van der Waals surface area (Å²) in [5.41, 5.74) is 2.00. The van der Waals surface area contributed by atoms with Gasteiger partial charge in [0.15, 0.2) is 5.60 Å². The van der Waals surface area contributed by atoms with E-state index < -0.39 is 5.60 Å². The number of hydrogen-bond acceptors (Lipinski definition) is 3. The number of carbonyl (C=O) groups is 1. The number of anilines is 1. The van der Waals surface area contributed by atoms with E-state index in [2.05, 4.69) is 31.2 Å².